The summed E-state index contributed by atoms with van der Waals surface area (Å²) < 4.78 is 0. The van der Waals surface area contributed by atoms with E-state index >= 15 is 0 Å². The molecule has 2 heterocycles. The van der Waals surface area contributed by atoms with Gasteiger partial charge in [-0.05, 0) is 43.4 Å². The van der Waals surface area contributed by atoms with Gasteiger partial charge in [0.2, 0.25) is 5.95 Å². The Morgan fingerprint density at radius 2 is 1.65 bits per heavy atom. The zero-order valence-corrected chi connectivity index (χ0v) is 15.4. The number of para-hydroxylation sites is 1. The summed E-state index contributed by atoms with van der Waals surface area (Å²) in [6, 6.07) is 16.2. The third kappa shape index (κ3) is 4.43. The zero-order valence-electron chi connectivity index (χ0n) is 15.4. The van der Waals surface area contributed by atoms with E-state index < -0.39 is 0 Å². The van der Waals surface area contributed by atoms with E-state index in [1.165, 1.54) is 0 Å². The molecule has 0 saturated heterocycles. The molecule has 0 N–H and O–H groups in total. The van der Waals surface area contributed by atoms with Gasteiger partial charge in [-0.3, -0.25) is 4.98 Å². The van der Waals surface area contributed by atoms with Crippen LogP contribution in [-0.4, -0.2) is 46.0 Å². The van der Waals surface area contributed by atoms with Gasteiger partial charge in [-0.2, -0.15) is 0 Å². The molecule has 0 unspecified atom stereocenters. The summed E-state index contributed by atoms with van der Waals surface area (Å²) in [7, 11) is 0. The first-order valence-electron chi connectivity index (χ1n) is 9.10. The highest BCUT2D eigenvalue weighted by Crippen LogP contribution is 2.24. The molecule has 0 aliphatic carbocycles. The molecule has 5 nitrogen and oxygen atoms in total. The fourth-order valence-corrected chi connectivity index (χ4v) is 2.89. The van der Waals surface area contributed by atoms with E-state index in [2.05, 4.69) is 45.7 Å². The third-order valence-corrected chi connectivity index (χ3v) is 4.44. The number of likely N-dealkylation sites (N-methyl/N-ethyl adjacent to an activating group) is 1. The van der Waals surface area contributed by atoms with Gasteiger partial charge in [0, 0.05) is 42.9 Å². The zero-order chi connectivity index (χ0) is 18.2. The highest BCUT2D eigenvalue weighted by molar-refractivity contribution is 5.62. The summed E-state index contributed by atoms with van der Waals surface area (Å²) in [6.07, 6.45) is 5.42. The third-order valence-electron chi connectivity index (χ3n) is 4.44. The van der Waals surface area contributed by atoms with Gasteiger partial charge in [0.15, 0.2) is 0 Å². The van der Waals surface area contributed by atoms with Crippen molar-refractivity contribution in [2.45, 2.75) is 13.8 Å². The van der Waals surface area contributed by atoms with Crippen molar-refractivity contribution in [1.82, 2.24) is 19.9 Å². The standard InChI is InChI=1S/C21H25N5/c1-3-25(4-2)15-16-26(19-10-6-5-7-11-19)21-23-14-12-20(24-21)18-9-8-13-22-17-18/h5-14,17H,3-4,15-16H2,1-2H3. The predicted molar refractivity (Wildman–Crippen MR) is 106 cm³/mol. The van der Waals surface area contributed by atoms with Crippen LogP contribution in [0.4, 0.5) is 11.6 Å². The molecule has 3 rings (SSSR count). The smallest absolute Gasteiger partial charge is 0.230 e. The van der Waals surface area contributed by atoms with Crippen LogP contribution in [0, 0.1) is 0 Å². The molecular formula is C21H25N5. The number of benzene rings is 1. The lowest BCUT2D eigenvalue weighted by Crippen LogP contribution is -2.33. The minimum Gasteiger partial charge on any atom is -0.309 e. The summed E-state index contributed by atoms with van der Waals surface area (Å²) in [6.45, 7) is 8.25. The lowest BCUT2D eigenvalue weighted by molar-refractivity contribution is 0.312. The Bertz CT molecular complexity index is 788. The van der Waals surface area contributed by atoms with Gasteiger partial charge in [0.25, 0.3) is 0 Å². The molecule has 1 aromatic carbocycles. The first-order valence-corrected chi connectivity index (χ1v) is 9.10. The normalized spacial score (nSPS) is 10.9. The van der Waals surface area contributed by atoms with Gasteiger partial charge < -0.3 is 9.80 Å². The number of nitrogens with zero attached hydrogens (tertiary/aromatic N) is 5. The Balaban J connectivity index is 1.91. The Kier molecular flexibility index (Phi) is 6.28. The molecule has 2 aromatic heterocycles. The largest absolute Gasteiger partial charge is 0.309 e. The van der Waals surface area contributed by atoms with Crippen molar-refractivity contribution >= 4 is 11.6 Å². The molecule has 0 aliphatic heterocycles. The highest BCUT2D eigenvalue weighted by Gasteiger charge is 2.14. The second-order valence-electron chi connectivity index (χ2n) is 6.00. The quantitative estimate of drug-likeness (QED) is 0.616. The molecule has 0 aliphatic rings. The Labute approximate surface area is 155 Å². The Hall–Kier alpha value is -2.79. The molecule has 0 radical (unpaired) electrons. The molecular weight excluding hydrogens is 322 g/mol. The van der Waals surface area contributed by atoms with Crippen LogP contribution < -0.4 is 4.90 Å². The van der Waals surface area contributed by atoms with Crippen LogP contribution in [0.15, 0.2) is 67.1 Å². The fraction of sp³-hybridized carbons (Fsp3) is 0.286. The lowest BCUT2D eigenvalue weighted by atomic mass is 10.2. The maximum absolute atomic E-state index is 4.81. The van der Waals surface area contributed by atoms with Crippen molar-refractivity contribution in [1.29, 1.82) is 0 Å². The maximum atomic E-state index is 4.81. The molecule has 3 aromatic rings. The van der Waals surface area contributed by atoms with Crippen molar-refractivity contribution in [2.75, 3.05) is 31.1 Å². The van der Waals surface area contributed by atoms with Crippen LogP contribution in [0.25, 0.3) is 11.3 Å². The second-order valence-corrected chi connectivity index (χ2v) is 6.00. The molecule has 5 heteroatoms. The van der Waals surface area contributed by atoms with Crippen LogP contribution in [0.3, 0.4) is 0 Å². The maximum Gasteiger partial charge on any atom is 0.230 e. The average molecular weight is 347 g/mol. The van der Waals surface area contributed by atoms with Gasteiger partial charge in [0.05, 0.1) is 5.69 Å². The van der Waals surface area contributed by atoms with Gasteiger partial charge in [-0.25, -0.2) is 9.97 Å². The number of rotatable bonds is 8. The molecule has 134 valence electrons. The predicted octanol–water partition coefficient (Wildman–Crippen LogP) is 4.02. The second kappa shape index (κ2) is 9.06. The monoisotopic (exact) mass is 347 g/mol. The van der Waals surface area contributed by atoms with Crippen LogP contribution in [0.5, 0.6) is 0 Å². The van der Waals surface area contributed by atoms with Gasteiger partial charge in [-0.15, -0.1) is 0 Å². The minimum absolute atomic E-state index is 0.713. The van der Waals surface area contributed by atoms with Gasteiger partial charge >= 0.3 is 0 Å². The first kappa shape index (κ1) is 18.0. The summed E-state index contributed by atoms with van der Waals surface area (Å²) in [5.41, 5.74) is 2.97. The topological polar surface area (TPSA) is 45.2 Å². The number of aromatic nitrogens is 3. The van der Waals surface area contributed by atoms with E-state index in [1.807, 2.05) is 48.8 Å². The highest BCUT2D eigenvalue weighted by atomic mass is 15.3. The van der Waals surface area contributed by atoms with E-state index in [0.29, 0.717) is 5.95 Å². The number of anilines is 2. The van der Waals surface area contributed by atoms with E-state index in [4.69, 9.17) is 4.98 Å². The van der Waals surface area contributed by atoms with Crippen LogP contribution in [-0.2, 0) is 0 Å². The summed E-state index contributed by atoms with van der Waals surface area (Å²) in [5, 5.41) is 0. The lowest BCUT2D eigenvalue weighted by Gasteiger charge is -2.26. The first-order chi connectivity index (χ1) is 12.8. The summed E-state index contributed by atoms with van der Waals surface area (Å²) >= 11 is 0. The Morgan fingerprint density at radius 3 is 2.35 bits per heavy atom. The molecule has 0 spiro atoms. The molecule has 26 heavy (non-hydrogen) atoms. The number of pyridine rings is 1. The molecule has 0 amide bonds. The summed E-state index contributed by atoms with van der Waals surface area (Å²) in [4.78, 5) is 18.1. The van der Waals surface area contributed by atoms with E-state index in [1.54, 1.807) is 6.20 Å². The fourth-order valence-electron chi connectivity index (χ4n) is 2.89. The minimum atomic E-state index is 0.713. The van der Waals surface area contributed by atoms with E-state index in [9.17, 15) is 0 Å². The SMILES string of the molecule is CCN(CC)CCN(c1ccccc1)c1nccc(-c2cccnc2)n1. The van der Waals surface area contributed by atoms with Crippen molar-refractivity contribution in [3.05, 3.63) is 67.1 Å². The van der Waals surface area contributed by atoms with Crippen molar-refractivity contribution in [3.8, 4) is 11.3 Å². The molecule has 0 bridgehead atoms. The molecule has 0 atom stereocenters. The van der Waals surface area contributed by atoms with Gasteiger partial charge in [0.1, 0.15) is 0 Å². The molecule has 0 fully saturated rings. The van der Waals surface area contributed by atoms with Crippen molar-refractivity contribution < 1.29 is 0 Å². The Morgan fingerprint density at radius 1 is 0.846 bits per heavy atom. The van der Waals surface area contributed by atoms with Crippen LogP contribution in [0.2, 0.25) is 0 Å². The van der Waals surface area contributed by atoms with Crippen LogP contribution >= 0.6 is 0 Å². The van der Waals surface area contributed by atoms with E-state index in [0.717, 1.165) is 43.1 Å². The average Bonchev–Trinajstić information content (AvgIpc) is 2.73. The number of hydrogen-bond donors (Lipinski definition) is 0. The van der Waals surface area contributed by atoms with Crippen molar-refractivity contribution in [3.63, 3.8) is 0 Å². The summed E-state index contributed by atoms with van der Waals surface area (Å²) in [5.74, 6) is 0.713. The molecule has 0 saturated carbocycles. The van der Waals surface area contributed by atoms with Gasteiger partial charge in [-0.1, -0.05) is 32.0 Å². The number of hydrogen-bond acceptors (Lipinski definition) is 5. The van der Waals surface area contributed by atoms with E-state index in [-0.39, 0.29) is 0 Å². The van der Waals surface area contributed by atoms with Crippen molar-refractivity contribution in [2.24, 2.45) is 0 Å². The van der Waals surface area contributed by atoms with Crippen LogP contribution in [0.1, 0.15) is 13.8 Å².